The van der Waals surface area contributed by atoms with Gasteiger partial charge in [-0.15, -0.1) is 11.3 Å². The van der Waals surface area contributed by atoms with Crippen molar-refractivity contribution >= 4 is 11.3 Å². The highest BCUT2D eigenvalue weighted by molar-refractivity contribution is 7.09. The summed E-state index contributed by atoms with van der Waals surface area (Å²) in [4.78, 5) is 4.76. The number of nitrogens with one attached hydrogen (secondary N) is 1. The van der Waals surface area contributed by atoms with Gasteiger partial charge in [-0.05, 0) is 24.7 Å². The summed E-state index contributed by atoms with van der Waals surface area (Å²) in [5.74, 6) is 0. The van der Waals surface area contributed by atoms with Crippen molar-refractivity contribution in [3.8, 4) is 0 Å². The van der Waals surface area contributed by atoms with Crippen molar-refractivity contribution in [2.24, 2.45) is 5.41 Å². The molecular weight excluding hydrogens is 252 g/mol. The van der Waals surface area contributed by atoms with Crippen molar-refractivity contribution in [3.63, 3.8) is 0 Å². The summed E-state index contributed by atoms with van der Waals surface area (Å²) < 4.78 is 0. The SMILES string of the molecule is CC1(C)CCCC(NCc2nc(C(C)(C)C)cs2)C1. The van der Waals surface area contributed by atoms with E-state index < -0.39 is 0 Å². The third-order valence-electron chi connectivity index (χ3n) is 4.07. The van der Waals surface area contributed by atoms with Crippen molar-refractivity contribution < 1.29 is 0 Å². The van der Waals surface area contributed by atoms with Crippen LogP contribution < -0.4 is 5.32 Å². The molecule has 1 fully saturated rings. The molecule has 19 heavy (non-hydrogen) atoms. The Hall–Kier alpha value is -0.410. The van der Waals surface area contributed by atoms with E-state index in [1.807, 2.05) is 0 Å². The fourth-order valence-electron chi connectivity index (χ4n) is 2.84. The quantitative estimate of drug-likeness (QED) is 0.882. The van der Waals surface area contributed by atoms with E-state index in [1.165, 1.54) is 36.4 Å². The Labute approximate surface area is 122 Å². The van der Waals surface area contributed by atoms with Gasteiger partial charge in [0, 0.05) is 23.4 Å². The minimum absolute atomic E-state index is 0.168. The molecule has 1 aromatic rings. The fourth-order valence-corrected chi connectivity index (χ4v) is 3.81. The molecule has 1 N–H and O–H groups in total. The second kappa shape index (κ2) is 5.53. The Bertz CT molecular complexity index is 415. The van der Waals surface area contributed by atoms with Crippen LogP contribution in [0.25, 0.3) is 0 Å². The molecule has 1 heterocycles. The van der Waals surface area contributed by atoms with Gasteiger partial charge in [0.2, 0.25) is 0 Å². The minimum atomic E-state index is 0.168. The van der Waals surface area contributed by atoms with Gasteiger partial charge in [0.15, 0.2) is 0 Å². The summed E-state index contributed by atoms with van der Waals surface area (Å²) in [5.41, 5.74) is 1.90. The van der Waals surface area contributed by atoms with Gasteiger partial charge in [0.05, 0.1) is 5.69 Å². The first-order chi connectivity index (χ1) is 8.76. The highest BCUT2D eigenvalue weighted by Crippen LogP contribution is 2.35. The maximum atomic E-state index is 4.76. The molecule has 2 rings (SSSR count). The van der Waals surface area contributed by atoms with Crippen LogP contribution in [-0.2, 0) is 12.0 Å². The van der Waals surface area contributed by atoms with Crippen LogP contribution in [0, 0.1) is 5.41 Å². The van der Waals surface area contributed by atoms with Gasteiger partial charge in [-0.25, -0.2) is 4.98 Å². The average molecular weight is 280 g/mol. The molecule has 1 unspecified atom stereocenters. The molecule has 1 aliphatic rings. The lowest BCUT2D eigenvalue weighted by Gasteiger charge is -2.35. The smallest absolute Gasteiger partial charge is 0.107 e. The largest absolute Gasteiger partial charge is 0.308 e. The van der Waals surface area contributed by atoms with Gasteiger partial charge in [0.1, 0.15) is 5.01 Å². The molecule has 1 saturated carbocycles. The molecule has 1 aromatic heterocycles. The van der Waals surface area contributed by atoms with Crippen LogP contribution >= 0.6 is 11.3 Å². The lowest BCUT2D eigenvalue weighted by Crippen LogP contribution is -2.36. The zero-order chi connectivity index (χ0) is 14.1. The van der Waals surface area contributed by atoms with E-state index in [2.05, 4.69) is 45.3 Å². The molecule has 0 amide bonds. The molecule has 0 bridgehead atoms. The molecule has 1 aliphatic carbocycles. The summed E-state index contributed by atoms with van der Waals surface area (Å²) in [6, 6.07) is 0.672. The maximum Gasteiger partial charge on any atom is 0.107 e. The van der Waals surface area contributed by atoms with E-state index in [9.17, 15) is 0 Å². The predicted octanol–water partition coefficient (Wildman–Crippen LogP) is 4.50. The molecular formula is C16H28N2S. The van der Waals surface area contributed by atoms with Gasteiger partial charge in [-0.3, -0.25) is 0 Å². The minimum Gasteiger partial charge on any atom is -0.308 e. The van der Waals surface area contributed by atoms with Crippen molar-refractivity contribution in [2.45, 2.75) is 78.3 Å². The third-order valence-corrected chi connectivity index (χ3v) is 4.92. The topological polar surface area (TPSA) is 24.9 Å². The van der Waals surface area contributed by atoms with E-state index in [-0.39, 0.29) is 5.41 Å². The zero-order valence-corrected chi connectivity index (χ0v) is 13.9. The molecule has 0 aliphatic heterocycles. The summed E-state index contributed by atoms with van der Waals surface area (Å²) in [5, 5.41) is 7.15. The molecule has 0 aromatic carbocycles. The first-order valence-corrected chi connectivity index (χ1v) is 8.32. The standard InChI is InChI=1S/C16H28N2S/c1-15(2,3)13-11-19-14(18-13)10-17-12-7-6-8-16(4,5)9-12/h11-12,17H,6-10H2,1-5H3. The number of thiazole rings is 1. The van der Waals surface area contributed by atoms with Crippen LogP contribution in [0.15, 0.2) is 5.38 Å². The number of rotatable bonds is 3. The summed E-state index contributed by atoms with van der Waals surface area (Å²) in [6.45, 7) is 12.4. The van der Waals surface area contributed by atoms with E-state index in [1.54, 1.807) is 11.3 Å². The lowest BCUT2D eigenvalue weighted by molar-refractivity contribution is 0.197. The van der Waals surface area contributed by atoms with Crippen molar-refractivity contribution in [1.82, 2.24) is 10.3 Å². The number of aromatic nitrogens is 1. The van der Waals surface area contributed by atoms with E-state index in [0.29, 0.717) is 11.5 Å². The molecule has 0 radical (unpaired) electrons. The molecule has 2 nitrogen and oxygen atoms in total. The highest BCUT2D eigenvalue weighted by atomic mass is 32.1. The number of nitrogens with zero attached hydrogens (tertiary/aromatic N) is 1. The van der Waals surface area contributed by atoms with Gasteiger partial charge >= 0.3 is 0 Å². The Balaban J connectivity index is 1.87. The zero-order valence-electron chi connectivity index (χ0n) is 13.0. The average Bonchev–Trinajstić information content (AvgIpc) is 2.73. The van der Waals surface area contributed by atoms with Gasteiger partial charge in [-0.2, -0.15) is 0 Å². The highest BCUT2D eigenvalue weighted by Gasteiger charge is 2.27. The molecule has 0 saturated heterocycles. The predicted molar refractivity (Wildman–Crippen MR) is 83.7 cm³/mol. The maximum absolute atomic E-state index is 4.76. The van der Waals surface area contributed by atoms with Gasteiger partial charge in [-0.1, -0.05) is 41.0 Å². The molecule has 3 heteroatoms. The van der Waals surface area contributed by atoms with E-state index in [0.717, 1.165) is 6.54 Å². The van der Waals surface area contributed by atoms with Crippen molar-refractivity contribution in [2.75, 3.05) is 0 Å². The fraction of sp³-hybridized carbons (Fsp3) is 0.812. The van der Waals surface area contributed by atoms with Crippen molar-refractivity contribution in [3.05, 3.63) is 16.1 Å². The Kier molecular flexibility index (Phi) is 4.36. The van der Waals surface area contributed by atoms with Gasteiger partial charge in [0.25, 0.3) is 0 Å². The number of hydrogen-bond donors (Lipinski definition) is 1. The van der Waals surface area contributed by atoms with Gasteiger partial charge < -0.3 is 5.32 Å². The Morgan fingerprint density at radius 1 is 1.42 bits per heavy atom. The lowest BCUT2D eigenvalue weighted by atomic mass is 9.75. The van der Waals surface area contributed by atoms with Crippen LogP contribution in [0.4, 0.5) is 0 Å². The Morgan fingerprint density at radius 2 is 2.16 bits per heavy atom. The van der Waals surface area contributed by atoms with E-state index >= 15 is 0 Å². The first kappa shape index (κ1) is 15.0. The third kappa shape index (κ3) is 4.28. The monoisotopic (exact) mass is 280 g/mol. The molecule has 0 spiro atoms. The van der Waals surface area contributed by atoms with Crippen LogP contribution in [0.5, 0.6) is 0 Å². The van der Waals surface area contributed by atoms with Crippen LogP contribution in [0.3, 0.4) is 0 Å². The summed E-state index contributed by atoms with van der Waals surface area (Å²) in [7, 11) is 0. The molecule has 108 valence electrons. The van der Waals surface area contributed by atoms with Crippen molar-refractivity contribution in [1.29, 1.82) is 0 Å². The molecule has 1 atom stereocenters. The van der Waals surface area contributed by atoms with Crippen LogP contribution in [0.1, 0.15) is 71.0 Å². The second-order valence-electron chi connectivity index (χ2n) is 7.71. The summed E-state index contributed by atoms with van der Waals surface area (Å²) in [6.07, 6.45) is 5.35. The Morgan fingerprint density at radius 3 is 2.74 bits per heavy atom. The summed E-state index contributed by atoms with van der Waals surface area (Å²) >= 11 is 1.79. The van der Waals surface area contributed by atoms with Crippen LogP contribution in [-0.4, -0.2) is 11.0 Å². The number of hydrogen-bond acceptors (Lipinski definition) is 3. The van der Waals surface area contributed by atoms with E-state index in [4.69, 9.17) is 4.98 Å². The van der Waals surface area contributed by atoms with Crippen LogP contribution in [0.2, 0.25) is 0 Å². The first-order valence-electron chi connectivity index (χ1n) is 7.45. The second-order valence-corrected chi connectivity index (χ2v) is 8.66. The normalized spacial score (nSPS) is 23.5.